The molecule has 5 nitrogen and oxygen atoms in total. The molecule has 0 atom stereocenters. The molecule has 1 saturated heterocycles. The first-order chi connectivity index (χ1) is 11.4. The number of para-hydroxylation sites is 1. The number of fused-ring (bicyclic) bond motifs is 1. The summed E-state index contributed by atoms with van der Waals surface area (Å²) in [6.45, 7) is 8.73. The van der Waals surface area contributed by atoms with Crippen LogP contribution < -0.4 is 15.5 Å². The van der Waals surface area contributed by atoms with Crippen LogP contribution in [-0.4, -0.2) is 36.2 Å². The molecule has 24 heavy (non-hydrogen) atoms. The first-order valence-electron chi connectivity index (χ1n) is 8.57. The number of benzene rings is 1. The van der Waals surface area contributed by atoms with Gasteiger partial charge in [0.2, 0.25) is 0 Å². The molecule has 130 valence electrons. The topological polar surface area (TPSA) is 57.3 Å². The number of carbonyl (C=O) groups excluding carboxylic acids is 1. The Kier molecular flexibility index (Phi) is 4.94. The summed E-state index contributed by atoms with van der Waals surface area (Å²) < 4.78 is 1.25. The van der Waals surface area contributed by atoms with Crippen LogP contribution in [0.25, 0.3) is 10.2 Å². The van der Waals surface area contributed by atoms with Crippen molar-refractivity contribution in [3.63, 3.8) is 0 Å². The summed E-state index contributed by atoms with van der Waals surface area (Å²) in [6.07, 6.45) is 2.18. The summed E-state index contributed by atoms with van der Waals surface area (Å²) in [4.78, 5) is 19.0. The minimum atomic E-state index is -0.194. The number of amides is 2. The van der Waals surface area contributed by atoms with Crippen molar-refractivity contribution in [2.24, 2.45) is 5.92 Å². The highest BCUT2D eigenvalue weighted by Crippen LogP contribution is 2.31. The van der Waals surface area contributed by atoms with Crippen molar-refractivity contribution in [1.29, 1.82) is 0 Å². The van der Waals surface area contributed by atoms with Crippen molar-refractivity contribution in [2.45, 2.75) is 39.2 Å². The van der Waals surface area contributed by atoms with Crippen molar-refractivity contribution >= 4 is 32.7 Å². The Bertz CT molecular complexity index is 665. The largest absolute Gasteiger partial charge is 0.348 e. The summed E-state index contributed by atoms with van der Waals surface area (Å²) in [5, 5.41) is 7.06. The van der Waals surface area contributed by atoms with Gasteiger partial charge in [0.1, 0.15) is 0 Å². The molecule has 1 aromatic carbocycles. The molecule has 0 bridgehead atoms. The Labute approximate surface area is 147 Å². The summed E-state index contributed by atoms with van der Waals surface area (Å²) in [6, 6.07) is 8.22. The second kappa shape index (κ2) is 6.97. The molecule has 2 aromatic rings. The van der Waals surface area contributed by atoms with Gasteiger partial charge in [-0.1, -0.05) is 23.5 Å². The third-order valence-corrected chi connectivity index (χ3v) is 5.30. The van der Waals surface area contributed by atoms with Crippen molar-refractivity contribution in [3.8, 4) is 0 Å². The molecule has 3 rings (SSSR count). The van der Waals surface area contributed by atoms with E-state index in [1.807, 2.05) is 26.8 Å². The Morgan fingerprint density at radius 3 is 2.67 bits per heavy atom. The average Bonchev–Trinajstić information content (AvgIpc) is 2.96. The third kappa shape index (κ3) is 4.38. The van der Waals surface area contributed by atoms with Crippen LogP contribution in [0.2, 0.25) is 0 Å². The first-order valence-corrected chi connectivity index (χ1v) is 9.39. The van der Waals surface area contributed by atoms with Crippen LogP contribution in [0.15, 0.2) is 24.3 Å². The maximum absolute atomic E-state index is 11.8. The van der Waals surface area contributed by atoms with Gasteiger partial charge in [-0.3, -0.25) is 0 Å². The lowest BCUT2D eigenvalue weighted by Gasteiger charge is -2.32. The van der Waals surface area contributed by atoms with E-state index in [0.717, 1.165) is 43.1 Å². The zero-order valence-electron chi connectivity index (χ0n) is 14.6. The summed E-state index contributed by atoms with van der Waals surface area (Å²) in [5.41, 5.74) is 0.889. The minimum absolute atomic E-state index is 0.0731. The van der Waals surface area contributed by atoms with E-state index in [1.165, 1.54) is 4.70 Å². The number of piperidine rings is 1. The molecule has 0 spiro atoms. The van der Waals surface area contributed by atoms with Gasteiger partial charge in [-0.25, -0.2) is 9.78 Å². The molecule has 2 heterocycles. The highest BCUT2D eigenvalue weighted by molar-refractivity contribution is 7.22. The lowest BCUT2D eigenvalue weighted by molar-refractivity contribution is 0.228. The fraction of sp³-hybridized carbons (Fsp3) is 0.556. The van der Waals surface area contributed by atoms with Gasteiger partial charge < -0.3 is 15.5 Å². The van der Waals surface area contributed by atoms with E-state index >= 15 is 0 Å². The molecular formula is C18H26N4OS. The Morgan fingerprint density at radius 1 is 1.29 bits per heavy atom. The zero-order valence-corrected chi connectivity index (χ0v) is 15.4. The number of anilines is 1. The molecule has 0 unspecified atom stereocenters. The van der Waals surface area contributed by atoms with Gasteiger partial charge in [-0.15, -0.1) is 0 Å². The molecular weight excluding hydrogens is 320 g/mol. The number of aromatic nitrogens is 1. The van der Waals surface area contributed by atoms with Crippen LogP contribution in [0.4, 0.5) is 9.93 Å². The van der Waals surface area contributed by atoms with E-state index in [-0.39, 0.29) is 11.6 Å². The molecule has 6 heteroatoms. The van der Waals surface area contributed by atoms with Gasteiger partial charge in [-0.2, -0.15) is 0 Å². The number of rotatable bonds is 3. The highest BCUT2D eigenvalue weighted by Gasteiger charge is 2.22. The van der Waals surface area contributed by atoms with Crippen LogP contribution in [0, 0.1) is 5.92 Å². The number of nitrogens with one attached hydrogen (secondary N) is 2. The van der Waals surface area contributed by atoms with Crippen LogP contribution in [0.3, 0.4) is 0 Å². The lowest BCUT2D eigenvalue weighted by atomic mass is 9.97. The van der Waals surface area contributed by atoms with Crippen LogP contribution >= 0.6 is 11.3 Å². The Balaban J connectivity index is 1.48. The van der Waals surface area contributed by atoms with Gasteiger partial charge in [-0.05, 0) is 51.7 Å². The SMILES string of the molecule is CC(C)(C)NC(=O)NCC1CCN(c2nc3ccccc3s2)CC1. The average molecular weight is 347 g/mol. The van der Waals surface area contributed by atoms with E-state index < -0.39 is 0 Å². The molecule has 1 fully saturated rings. The number of carbonyl (C=O) groups is 1. The standard InChI is InChI=1S/C18H26N4OS/c1-18(2,3)21-16(23)19-12-13-8-10-22(11-9-13)17-20-14-6-4-5-7-15(14)24-17/h4-7,13H,8-12H2,1-3H3,(H2,19,21,23). The number of hydrogen-bond donors (Lipinski definition) is 2. The van der Waals surface area contributed by atoms with E-state index in [2.05, 4.69) is 33.7 Å². The Morgan fingerprint density at radius 2 is 2.00 bits per heavy atom. The molecule has 0 aliphatic carbocycles. The number of nitrogens with zero attached hydrogens (tertiary/aromatic N) is 2. The third-order valence-electron chi connectivity index (χ3n) is 4.21. The summed E-state index contributed by atoms with van der Waals surface area (Å²) in [5.74, 6) is 0.543. The smallest absolute Gasteiger partial charge is 0.315 e. The maximum atomic E-state index is 11.8. The van der Waals surface area contributed by atoms with Crippen molar-refractivity contribution in [1.82, 2.24) is 15.6 Å². The van der Waals surface area contributed by atoms with Gasteiger partial charge in [0.15, 0.2) is 5.13 Å². The van der Waals surface area contributed by atoms with Crippen LogP contribution in [0.1, 0.15) is 33.6 Å². The molecule has 0 radical (unpaired) electrons. The highest BCUT2D eigenvalue weighted by atomic mass is 32.1. The van der Waals surface area contributed by atoms with Crippen molar-refractivity contribution in [2.75, 3.05) is 24.5 Å². The molecule has 1 aliphatic heterocycles. The number of thiazole rings is 1. The molecule has 0 saturated carbocycles. The second-order valence-corrected chi connectivity index (χ2v) is 8.49. The predicted octanol–water partition coefficient (Wildman–Crippen LogP) is 3.61. The molecule has 2 N–H and O–H groups in total. The molecule has 1 aliphatic rings. The fourth-order valence-electron chi connectivity index (χ4n) is 2.95. The zero-order chi connectivity index (χ0) is 17.2. The minimum Gasteiger partial charge on any atom is -0.348 e. The van der Waals surface area contributed by atoms with Gasteiger partial charge in [0.05, 0.1) is 10.2 Å². The van der Waals surface area contributed by atoms with E-state index in [0.29, 0.717) is 5.92 Å². The quantitative estimate of drug-likeness (QED) is 0.892. The lowest BCUT2D eigenvalue weighted by Crippen LogP contribution is -2.48. The van der Waals surface area contributed by atoms with Crippen molar-refractivity contribution < 1.29 is 4.79 Å². The number of urea groups is 1. The molecule has 2 amide bonds. The maximum Gasteiger partial charge on any atom is 0.315 e. The molecule has 1 aromatic heterocycles. The van der Waals surface area contributed by atoms with Gasteiger partial charge in [0, 0.05) is 25.2 Å². The van der Waals surface area contributed by atoms with E-state index in [4.69, 9.17) is 4.98 Å². The van der Waals surface area contributed by atoms with Gasteiger partial charge >= 0.3 is 6.03 Å². The van der Waals surface area contributed by atoms with E-state index in [1.54, 1.807) is 11.3 Å². The van der Waals surface area contributed by atoms with Gasteiger partial charge in [0.25, 0.3) is 0 Å². The monoisotopic (exact) mass is 346 g/mol. The summed E-state index contributed by atoms with van der Waals surface area (Å²) >= 11 is 1.76. The second-order valence-electron chi connectivity index (χ2n) is 7.48. The first kappa shape index (κ1) is 17.0. The number of hydrogen-bond acceptors (Lipinski definition) is 4. The van der Waals surface area contributed by atoms with Crippen LogP contribution in [-0.2, 0) is 0 Å². The van der Waals surface area contributed by atoms with Crippen molar-refractivity contribution in [3.05, 3.63) is 24.3 Å². The van der Waals surface area contributed by atoms with Crippen LogP contribution in [0.5, 0.6) is 0 Å². The van der Waals surface area contributed by atoms with E-state index in [9.17, 15) is 4.79 Å². The normalized spacial score (nSPS) is 16.4. The fourth-order valence-corrected chi connectivity index (χ4v) is 3.96. The predicted molar refractivity (Wildman–Crippen MR) is 101 cm³/mol. The summed E-state index contributed by atoms with van der Waals surface area (Å²) in [7, 11) is 0. The Hall–Kier alpha value is -1.82.